The smallest absolute Gasteiger partial charge is 0.242 e. The van der Waals surface area contributed by atoms with Crippen LogP contribution in [-0.4, -0.2) is 43.2 Å². The van der Waals surface area contributed by atoms with Crippen LogP contribution in [0.1, 0.15) is 25.7 Å². The quantitative estimate of drug-likeness (QED) is 0.667. The number of amides is 1. The second-order valence-electron chi connectivity index (χ2n) is 7.71. The second-order valence-corrected chi connectivity index (χ2v) is 8.11. The van der Waals surface area contributed by atoms with Crippen LogP contribution in [0.15, 0.2) is 36.5 Å². The molecular formula is C22H27ClN4O2. The number of hydrogen-bond acceptors (Lipinski definition) is 5. The van der Waals surface area contributed by atoms with Gasteiger partial charge in [-0.15, -0.1) is 0 Å². The number of nitrogens with one attached hydrogen (secondary N) is 3. The standard InChI is InChI=1S/C22H27ClN4O2/c23-19-14-26-21(27-22(28)20-5-2-8-24-20)12-18(19)16-3-1-4-17(11-16)25-13-15-6-9-29-10-7-15/h1,3-4,11-12,14-15,20,24-25H,2,5-10,13H2,(H,26,27,28)/t20-/m1/s1. The van der Waals surface area contributed by atoms with E-state index < -0.39 is 0 Å². The highest BCUT2D eigenvalue weighted by molar-refractivity contribution is 6.33. The van der Waals surface area contributed by atoms with Gasteiger partial charge >= 0.3 is 0 Å². The normalized spacial score (nSPS) is 19.8. The van der Waals surface area contributed by atoms with Gasteiger partial charge in [0.2, 0.25) is 5.91 Å². The summed E-state index contributed by atoms with van der Waals surface area (Å²) < 4.78 is 5.43. The zero-order valence-electron chi connectivity index (χ0n) is 16.4. The van der Waals surface area contributed by atoms with E-state index in [1.165, 1.54) is 0 Å². The molecule has 2 aromatic rings. The fourth-order valence-corrected chi connectivity index (χ4v) is 4.07. The lowest BCUT2D eigenvalue weighted by Gasteiger charge is -2.22. The number of hydrogen-bond donors (Lipinski definition) is 3. The number of carbonyl (C=O) groups is 1. The number of ether oxygens (including phenoxy) is 1. The minimum absolute atomic E-state index is 0.0462. The van der Waals surface area contributed by atoms with Gasteiger partial charge in [-0.25, -0.2) is 4.98 Å². The Morgan fingerprint density at radius 2 is 2.10 bits per heavy atom. The molecule has 0 radical (unpaired) electrons. The molecule has 0 saturated carbocycles. The summed E-state index contributed by atoms with van der Waals surface area (Å²) in [6.07, 6.45) is 5.67. The molecule has 2 fully saturated rings. The van der Waals surface area contributed by atoms with Crippen LogP contribution in [0.25, 0.3) is 11.1 Å². The zero-order valence-corrected chi connectivity index (χ0v) is 17.2. The van der Waals surface area contributed by atoms with E-state index >= 15 is 0 Å². The van der Waals surface area contributed by atoms with E-state index in [0.717, 1.165) is 68.8 Å². The highest BCUT2D eigenvalue weighted by Gasteiger charge is 2.22. The Morgan fingerprint density at radius 3 is 2.90 bits per heavy atom. The van der Waals surface area contributed by atoms with Crippen molar-refractivity contribution in [1.29, 1.82) is 0 Å². The van der Waals surface area contributed by atoms with Crippen molar-refractivity contribution in [3.05, 3.63) is 41.6 Å². The molecule has 154 valence electrons. The van der Waals surface area contributed by atoms with Gasteiger partial charge in [-0.05, 0) is 61.9 Å². The van der Waals surface area contributed by atoms with Crippen LogP contribution in [0, 0.1) is 5.92 Å². The van der Waals surface area contributed by atoms with E-state index in [-0.39, 0.29) is 11.9 Å². The van der Waals surface area contributed by atoms with Gasteiger partial charge in [0.15, 0.2) is 0 Å². The van der Waals surface area contributed by atoms with Crippen LogP contribution in [0.2, 0.25) is 5.02 Å². The minimum atomic E-state index is -0.145. The summed E-state index contributed by atoms with van der Waals surface area (Å²) in [6.45, 7) is 3.52. The summed E-state index contributed by atoms with van der Waals surface area (Å²) in [5.74, 6) is 1.11. The maximum absolute atomic E-state index is 12.4. The van der Waals surface area contributed by atoms with E-state index in [2.05, 4.69) is 33.1 Å². The van der Waals surface area contributed by atoms with Gasteiger partial charge in [-0.2, -0.15) is 0 Å². The van der Waals surface area contributed by atoms with Crippen LogP contribution < -0.4 is 16.0 Å². The van der Waals surface area contributed by atoms with Gasteiger partial charge in [0, 0.05) is 37.2 Å². The summed E-state index contributed by atoms with van der Waals surface area (Å²) >= 11 is 6.42. The SMILES string of the molecule is O=C(Nc1cc(-c2cccc(NCC3CCOCC3)c2)c(Cl)cn1)[C@H]1CCCN1. The monoisotopic (exact) mass is 414 g/mol. The fraction of sp³-hybridized carbons (Fsp3) is 0.455. The molecule has 1 aromatic heterocycles. The van der Waals surface area contributed by atoms with Gasteiger partial charge in [0.05, 0.1) is 11.1 Å². The predicted octanol–water partition coefficient (Wildman–Crippen LogP) is 3.93. The molecule has 1 aromatic carbocycles. The Kier molecular flexibility index (Phi) is 6.64. The van der Waals surface area contributed by atoms with Gasteiger partial charge in [0.1, 0.15) is 5.82 Å². The predicted molar refractivity (Wildman–Crippen MR) is 116 cm³/mol. The molecule has 2 aliphatic heterocycles. The Bertz CT molecular complexity index is 848. The topological polar surface area (TPSA) is 75.3 Å². The number of halogens is 1. The van der Waals surface area contributed by atoms with Crippen LogP contribution >= 0.6 is 11.6 Å². The average Bonchev–Trinajstić information content (AvgIpc) is 3.30. The lowest BCUT2D eigenvalue weighted by molar-refractivity contribution is -0.117. The molecule has 0 aliphatic carbocycles. The lowest BCUT2D eigenvalue weighted by atomic mass is 10.00. The molecule has 6 nitrogen and oxygen atoms in total. The number of pyridine rings is 1. The zero-order chi connectivity index (χ0) is 20.1. The highest BCUT2D eigenvalue weighted by Crippen LogP contribution is 2.31. The first-order valence-electron chi connectivity index (χ1n) is 10.3. The van der Waals surface area contributed by atoms with Crippen LogP contribution in [-0.2, 0) is 9.53 Å². The van der Waals surface area contributed by atoms with Crippen molar-refractivity contribution in [3.63, 3.8) is 0 Å². The van der Waals surface area contributed by atoms with Crippen LogP contribution in [0.5, 0.6) is 0 Å². The maximum atomic E-state index is 12.4. The van der Waals surface area contributed by atoms with Gasteiger partial charge < -0.3 is 20.7 Å². The van der Waals surface area contributed by atoms with Crippen molar-refractivity contribution in [2.75, 3.05) is 36.9 Å². The molecule has 2 saturated heterocycles. The number of carbonyl (C=O) groups excluding carboxylic acids is 1. The lowest BCUT2D eigenvalue weighted by Crippen LogP contribution is -2.35. The van der Waals surface area contributed by atoms with E-state index in [9.17, 15) is 4.79 Å². The van der Waals surface area contributed by atoms with E-state index in [4.69, 9.17) is 16.3 Å². The molecule has 29 heavy (non-hydrogen) atoms. The summed E-state index contributed by atoms with van der Waals surface area (Å²) in [6, 6.07) is 9.88. The van der Waals surface area contributed by atoms with Crippen molar-refractivity contribution in [2.24, 2.45) is 5.92 Å². The summed E-state index contributed by atoms with van der Waals surface area (Å²) in [4.78, 5) is 16.6. The first-order chi connectivity index (χ1) is 14.2. The molecule has 2 aliphatic rings. The van der Waals surface area contributed by atoms with E-state index in [1.54, 1.807) is 6.20 Å². The van der Waals surface area contributed by atoms with Crippen LogP contribution in [0.4, 0.5) is 11.5 Å². The Labute approximate surface area is 176 Å². The molecule has 3 N–H and O–H groups in total. The first kappa shape index (κ1) is 20.1. The maximum Gasteiger partial charge on any atom is 0.242 e. The molecule has 1 atom stereocenters. The Balaban J connectivity index is 1.46. The molecule has 1 amide bonds. The molecule has 7 heteroatoms. The van der Waals surface area contributed by atoms with Crippen molar-refractivity contribution in [2.45, 2.75) is 31.7 Å². The number of anilines is 2. The highest BCUT2D eigenvalue weighted by atomic mass is 35.5. The summed E-state index contributed by atoms with van der Waals surface area (Å²) in [5, 5.41) is 10.2. The molecular weight excluding hydrogens is 388 g/mol. The van der Waals surface area contributed by atoms with Gasteiger partial charge in [-0.3, -0.25) is 4.79 Å². The number of rotatable bonds is 6. The minimum Gasteiger partial charge on any atom is -0.385 e. The largest absolute Gasteiger partial charge is 0.385 e. The van der Waals surface area contributed by atoms with E-state index in [0.29, 0.717) is 16.8 Å². The fourth-order valence-electron chi connectivity index (χ4n) is 3.86. The third-order valence-corrected chi connectivity index (χ3v) is 5.89. The molecule has 0 bridgehead atoms. The first-order valence-corrected chi connectivity index (χ1v) is 10.7. The van der Waals surface area contributed by atoms with Gasteiger partial charge in [-0.1, -0.05) is 23.7 Å². The number of nitrogens with zero attached hydrogens (tertiary/aromatic N) is 1. The summed E-state index contributed by atoms with van der Waals surface area (Å²) in [5.41, 5.74) is 2.90. The van der Waals surface area contributed by atoms with Crippen molar-refractivity contribution < 1.29 is 9.53 Å². The third kappa shape index (κ3) is 5.26. The number of aromatic nitrogens is 1. The molecule has 4 rings (SSSR count). The summed E-state index contributed by atoms with van der Waals surface area (Å²) in [7, 11) is 0. The van der Waals surface area contributed by atoms with Crippen molar-refractivity contribution >= 4 is 29.0 Å². The van der Waals surface area contributed by atoms with Crippen LogP contribution in [0.3, 0.4) is 0 Å². The van der Waals surface area contributed by atoms with Gasteiger partial charge in [0.25, 0.3) is 0 Å². The molecule has 0 spiro atoms. The Morgan fingerprint density at radius 1 is 1.24 bits per heavy atom. The Hall–Kier alpha value is -2.15. The van der Waals surface area contributed by atoms with Crippen molar-refractivity contribution in [3.8, 4) is 11.1 Å². The van der Waals surface area contributed by atoms with Crippen molar-refractivity contribution in [1.82, 2.24) is 10.3 Å². The molecule has 3 heterocycles. The van der Waals surface area contributed by atoms with E-state index in [1.807, 2.05) is 18.2 Å². The number of benzene rings is 1. The second kappa shape index (κ2) is 9.57. The molecule has 0 unspecified atom stereocenters. The third-order valence-electron chi connectivity index (χ3n) is 5.59. The average molecular weight is 415 g/mol.